The molecular formula is C29H49O5P. The number of hydrogen-bond donors (Lipinski definition) is 0. The maximum Gasteiger partial charge on any atom is 0.488 e. The molecule has 0 N–H and O–H groups in total. The highest BCUT2D eigenvalue weighted by Gasteiger charge is 2.42. The summed E-state index contributed by atoms with van der Waals surface area (Å²) in [6.45, 7) is 23.1. The Bertz CT molecular complexity index is 851. The fourth-order valence-corrected chi connectivity index (χ4v) is 5.57. The second-order valence-electron chi connectivity index (χ2n) is 11.5. The molecule has 200 valence electrons. The van der Waals surface area contributed by atoms with Crippen LogP contribution < -0.4 is 0 Å². The van der Waals surface area contributed by atoms with E-state index in [1.165, 1.54) is 5.57 Å². The highest BCUT2D eigenvalue weighted by Crippen LogP contribution is 2.55. The lowest BCUT2D eigenvalue weighted by Gasteiger charge is -2.30. The van der Waals surface area contributed by atoms with E-state index < -0.39 is 19.4 Å². The van der Waals surface area contributed by atoms with E-state index in [2.05, 4.69) is 61.1 Å². The van der Waals surface area contributed by atoms with Crippen molar-refractivity contribution in [1.82, 2.24) is 0 Å². The molecule has 0 amide bonds. The maximum atomic E-state index is 13.8. The van der Waals surface area contributed by atoms with Crippen LogP contribution in [0.15, 0.2) is 48.0 Å². The summed E-state index contributed by atoms with van der Waals surface area (Å²) < 4.78 is 30.8. The van der Waals surface area contributed by atoms with E-state index in [1.807, 2.05) is 19.1 Å². The molecule has 0 saturated carbocycles. The van der Waals surface area contributed by atoms with Gasteiger partial charge in [0.15, 0.2) is 0 Å². The Morgan fingerprint density at radius 1 is 1.20 bits per heavy atom. The fourth-order valence-electron chi connectivity index (χ4n) is 4.19. The van der Waals surface area contributed by atoms with Gasteiger partial charge in [-0.15, -0.1) is 0 Å². The minimum atomic E-state index is -4.27. The summed E-state index contributed by atoms with van der Waals surface area (Å²) in [6.07, 6.45) is 12.3. The van der Waals surface area contributed by atoms with Crippen molar-refractivity contribution in [1.29, 1.82) is 0 Å². The lowest BCUT2D eigenvalue weighted by Crippen LogP contribution is -2.20. The molecule has 0 bridgehead atoms. The Balaban J connectivity index is 2.96. The highest BCUT2D eigenvalue weighted by atomic mass is 31.2. The van der Waals surface area contributed by atoms with Gasteiger partial charge in [-0.2, -0.15) is 0 Å². The monoisotopic (exact) mass is 508 g/mol. The molecule has 0 radical (unpaired) electrons. The molecule has 5 nitrogen and oxygen atoms in total. The molecule has 0 fully saturated rings. The molecule has 0 aliphatic heterocycles. The zero-order valence-corrected chi connectivity index (χ0v) is 24.5. The van der Waals surface area contributed by atoms with Crippen molar-refractivity contribution in [2.45, 2.75) is 113 Å². The number of carbonyl (C=O) groups excluding carboxylic acids is 1. The van der Waals surface area contributed by atoms with Crippen molar-refractivity contribution in [2.24, 2.45) is 16.7 Å². The number of carbonyl (C=O) groups is 1. The Labute approximate surface area is 214 Å². The smallest absolute Gasteiger partial charge is 0.422 e. The summed E-state index contributed by atoms with van der Waals surface area (Å²) in [5.74, 6) is 1.31. The number of rotatable bonds is 13. The van der Waals surface area contributed by atoms with E-state index in [9.17, 15) is 9.36 Å². The first-order valence-corrected chi connectivity index (χ1v) is 14.6. The van der Waals surface area contributed by atoms with Gasteiger partial charge in [0.2, 0.25) is 0 Å². The van der Waals surface area contributed by atoms with Crippen molar-refractivity contribution in [2.75, 3.05) is 0 Å². The van der Waals surface area contributed by atoms with E-state index in [4.69, 9.17) is 13.8 Å². The van der Waals surface area contributed by atoms with Gasteiger partial charge in [0.25, 0.3) is 0 Å². The molecule has 0 aromatic heterocycles. The molecule has 0 saturated heterocycles. The van der Waals surface area contributed by atoms with Gasteiger partial charge >= 0.3 is 13.3 Å². The first-order chi connectivity index (χ1) is 16.2. The lowest BCUT2D eigenvalue weighted by atomic mass is 9.76. The normalized spacial score (nSPS) is 19.5. The van der Waals surface area contributed by atoms with Crippen LogP contribution in [0.2, 0.25) is 0 Å². The van der Waals surface area contributed by atoms with Crippen LogP contribution in [-0.2, 0) is 18.3 Å². The SMILES string of the molecule is C=C(CCCC(CC)C(C)(C)C)OP(=O)(OC1C=CC(C(C)(C)C)=CC1)C(=O)O/C(=C/C)CCC. The molecule has 1 aliphatic rings. The lowest BCUT2D eigenvalue weighted by molar-refractivity contribution is 0.158. The third kappa shape index (κ3) is 10.5. The average Bonchev–Trinajstić information content (AvgIpc) is 2.75. The van der Waals surface area contributed by atoms with Gasteiger partial charge in [-0.05, 0) is 61.0 Å². The Kier molecular flexibility index (Phi) is 12.3. The van der Waals surface area contributed by atoms with E-state index >= 15 is 0 Å². The minimum Gasteiger partial charge on any atom is -0.422 e. The molecule has 1 rings (SSSR count). The van der Waals surface area contributed by atoms with Gasteiger partial charge in [-0.25, -0.2) is 9.36 Å². The summed E-state index contributed by atoms with van der Waals surface area (Å²) in [6, 6.07) is 0. The predicted molar refractivity (Wildman–Crippen MR) is 146 cm³/mol. The van der Waals surface area contributed by atoms with Gasteiger partial charge in [0.05, 0.1) is 11.9 Å². The summed E-state index contributed by atoms with van der Waals surface area (Å²) in [5, 5.41) is 0. The molecule has 0 aromatic rings. The van der Waals surface area contributed by atoms with Crippen LogP contribution in [0, 0.1) is 16.7 Å². The van der Waals surface area contributed by atoms with E-state index in [1.54, 1.807) is 13.0 Å². The van der Waals surface area contributed by atoms with Gasteiger partial charge in [0, 0.05) is 12.8 Å². The van der Waals surface area contributed by atoms with Crippen molar-refractivity contribution < 1.29 is 23.1 Å². The van der Waals surface area contributed by atoms with E-state index in [-0.39, 0.29) is 16.6 Å². The number of ether oxygens (including phenoxy) is 1. The Morgan fingerprint density at radius 2 is 1.86 bits per heavy atom. The molecule has 6 heteroatoms. The third-order valence-corrected chi connectivity index (χ3v) is 8.02. The third-order valence-electron chi connectivity index (χ3n) is 6.44. The molecule has 0 aromatic carbocycles. The zero-order valence-electron chi connectivity index (χ0n) is 23.6. The molecule has 0 heterocycles. The van der Waals surface area contributed by atoms with Gasteiger partial charge in [-0.3, -0.25) is 4.52 Å². The van der Waals surface area contributed by atoms with Crippen LogP contribution in [-0.4, -0.2) is 11.8 Å². The second kappa shape index (κ2) is 13.7. The molecule has 1 aliphatic carbocycles. The van der Waals surface area contributed by atoms with Crippen LogP contribution in [0.5, 0.6) is 0 Å². The zero-order chi connectivity index (χ0) is 26.9. The van der Waals surface area contributed by atoms with Crippen LogP contribution in [0.4, 0.5) is 4.79 Å². The molecule has 3 unspecified atom stereocenters. The molecule has 35 heavy (non-hydrogen) atoms. The first-order valence-electron chi connectivity index (χ1n) is 13.1. The van der Waals surface area contributed by atoms with Crippen molar-refractivity contribution in [3.63, 3.8) is 0 Å². The van der Waals surface area contributed by atoms with E-state index in [0.29, 0.717) is 30.9 Å². The Morgan fingerprint density at radius 3 is 2.31 bits per heavy atom. The summed E-state index contributed by atoms with van der Waals surface area (Å²) in [4.78, 5) is 13.0. The molecule has 3 atom stereocenters. The quantitative estimate of drug-likeness (QED) is 0.183. The fraction of sp³-hybridized carbons (Fsp3) is 0.690. The second-order valence-corrected chi connectivity index (χ2v) is 13.3. The van der Waals surface area contributed by atoms with Gasteiger partial charge in [-0.1, -0.05) is 86.6 Å². The van der Waals surface area contributed by atoms with Crippen LogP contribution in [0.3, 0.4) is 0 Å². The van der Waals surface area contributed by atoms with Gasteiger partial charge < -0.3 is 9.26 Å². The maximum absolute atomic E-state index is 13.8. The van der Waals surface area contributed by atoms with Gasteiger partial charge in [0.1, 0.15) is 5.76 Å². The number of allylic oxidation sites excluding steroid dienone is 5. The summed E-state index contributed by atoms with van der Waals surface area (Å²) in [5.41, 5.74) is 0.400. The Hall–Kier alpha value is -1.58. The average molecular weight is 509 g/mol. The van der Waals surface area contributed by atoms with Crippen molar-refractivity contribution in [3.05, 3.63) is 48.0 Å². The number of hydrogen-bond acceptors (Lipinski definition) is 5. The summed E-state index contributed by atoms with van der Waals surface area (Å²) >= 11 is 0. The standard InChI is InChI=1S/C29H49O5P/c1-11-15-25(13-3)32-27(30)35(31,34-26-20-18-24(19-21-26)29(8,9)10)33-22(4)16-14-17-23(12-2)28(5,6)7/h13,18-20,23,26H,4,11-12,14-17,21H2,1-3,5-10H3/b25-13+. The van der Waals surface area contributed by atoms with Crippen LogP contribution >= 0.6 is 7.60 Å². The van der Waals surface area contributed by atoms with Crippen LogP contribution in [0.25, 0.3) is 0 Å². The molecular weight excluding hydrogens is 459 g/mol. The van der Waals surface area contributed by atoms with Crippen molar-refractivity contribution >= 4 is 13.3 Å². The van der Waals surface area contributed by atoms with E-state index in [0.717, 1.165) is 25.7 Å². The largest absolute Gasteiger partial charge is 0.488 e. The first kappa shape index (κ1) is 31.4. The predicted octanol–water partition coefficient (Wildman–Crippen LogP) is 10.1. The van der Waals surface area contributed by atoms with Crippen molar-refractivity contribution in [3.8, 4) is 0 Å². The molecule has 0 spiro atoms. The topological polar surface area (TPSA) is 61.8 Å². The minimum absolute atomic E-state index is 0.000734. The highest BCUT2D eigenvalue weighted by molar-refractivity contribution is 7.71. The summed E-state index contributed by atoms with van der Waals surface area (Å²) in [7, 11) is -4.27. The van der Waals surface area contributed by atoms with Crippen LogP contribution in [0.1, 0.15) is 107 Å².